The number of phenolic OH excluding ortho intramolecular Hbond substituents is 1. The van der Waals surface area contributed by atoms with E-state index in [2.05, 4.69) is 14.1 Å². The molecular formula is C16H18INO3. The molecule has 21 heavy (non-hydrogen) atoms. The van der Waals surface area contributed by atoms with Crippen LogP contribution in [-0.4, -0.2) is 30.3 Å². The first-order valence-corrected chi connectivity index (χ1v) is 6.33. The molecule has 0 saturated heterocycles. The van der Waals surface area contributed by atoms with Crippen LogP contribution in [0.1, 0.15) is 15.9 Å². The van der Waals surface area contributed by atoms with E-state index in [4.69, 9.17) is 5.11 Å². The van der Waals surface area contributed by atoms with Crippen LogP contribution in [0.2, 0.25) is 0 Å². The molecule has 0 aromatic heterocycles. The van der Waals surface area contributed by atoms with Crippen LogP contribution in [0.15, 0.2) is 48.5 Å². The maximum atomic E-state index is 10.9. The zero-order valence-electron chi connectivity index (χ0n) is 12.0. The van der Waals surface area contributed by atoms with Gasteiger partial charge in [0.05, 0.1) is 19.7 Å². The Hall–Kier alpha value is -1.60. The van der Waals surface area contributed by atoms with Gasteiger partial charge in [0.2, 0.25) is 0 Å². The van der Waals surface area contributed by atoms with E-state index in [1.165, 1.54) is 0 Å². The molecule has 2 rings (SSSR count). The highest BCUT2D eigenvalue weighted by Gasteiger charge is 2.20. The van der Waals surface area contributed by atoms with Gasteiger partial charge in [-0.1, -0.05) is 0 Å². The predicted octanol–water partition coefficient (Wildman–Crippen LogP) is -0.138. The third-order valence-corrected chi connectivity index (χ3v) is 3.33. The molecule has 112 valence electrons. The summed E-state index contributed by atoms with van der Waals surface area (Å²) >= 11 is 0. The molecule has 5 heteroatoms. The first kappa shape index (κ1) is 17.5. The maximum Gasteiger partial charge on any atom is 0.335 e. The molecular weight excluding hydrogens is 381 g/mol. The number of hydrogen-bond acceptors (Lipinski definition) is 2. The molecule has 0 saturated carbocycles. The minimum atomic E-state index is -0.916. The van der Waals surface area contributed by atoms with Crippen molar-refractivity contribution in [3.8, 4) is 5.75 Å². The number of benzene rings is 2. The number of quaternary nitrogens is 1. The molecule has 2 aromatic rings. The van der Waals surface area contributed by atoms with Gasteiger partial charge in [0.15, 0.2) is 0 Å². The lowest BCUT2D eigenvalue weighted by Crippen LogP contribution is -3.00. The van der Waals surface area contributed by atoms with Gasteiger partial charge in [0.25, 0.3) is 0 Å². The Kier molecular flexibility index (Phi) is 5.74. The molecule has 0 radical (unpaired) electrons. The number of aromatic hydroxyl groups is 1. The fourth-order valence-electron chi connectivity index (χ4n) is 2.16. The first-order valence-electron chi connectivity index (χ1n) is 6.33. The Morgan fingerprint density at radius 2 is 1.52 bits per heavy atom. The molecule has 0 aliphatic heterocycles. The zero-order valence-corrected chi connectivity index (χ0v) is 14.1. The predicted molar refractivity (Wildman–Crippen MR) is 78.9 cm³/mol. The molecule has 0 aliphatic rings. The van der Waals surface area contributed by atoms with Crippen LogP contribution in [0.4, 0.5) is 5.69 Å². The summed E-state index contributed by atoms with van der Waals surface area (Å²) in [4.78, 5) is 10.9. The van der Waals surface area contributed by atoms with Crippen molar-refractivity contribution in [3.05, 3.63) is 59.7 Å². The van der Waals surface area contributed by atoms with Gasteiger partial charge in [-0.3, -0.25) is 4.48 Å². The molecule has 0 aliphatic carbocycles. The van der Waals surface area contributed by atoms with Crippen molar-refractivity contribution in [1.29, 1.82) is 0 Å². The van der Waals surface area contributed by atoms with Gasteiger partial charge in [-0.2, -0.15) is 0 Å². The number of carboxylic acids is 1. The van der Waals surface area contributed by atoms with Gasteiger partial charge in [-0.25, -0.2) is 4.79 Å². The molecule has 0 atom stereocenters. The average Bonchev–Trinajstić information content (AvgIpc) is 2.41. The summed E-state index contributed by atoms with van der Waals surface area (Å²) < 4.78 is 0.602. The minimum absolute atomic E-state index is 0. The second-order valence-electron chi connectivity index (χ2n) is 5.36. The van der Waals surface area contributed by atoms with E-state index in [9.17, 15) is 9.90 Å². The Balaban J connectivity index is 0.00000220. The highest BCUT2D eigenvalue weighted by atomic mass is 127. The normalized spacial score (nSPS) is 10.8. The van der Waals surface area contributed by atoms with E-state index in [0.29, 0.717) is 10.0 Å². The number of nitrogens with zero attached hydrogens (tertiary/aromatic N) is 1. The fraction of sp³-hybridized carbons (Fsp3) is 0.188. The van der Waals surface area contributed by atoms with Gasteiger partial charge >= 0.3 is 5.97 Å². The molecule has 2 aromatic carbocycles. The van der Waals surface area contributed by atoms with Crippen LogP contribution >= 0.6 is 0 Å². The summed E-state index contributed by atoms with van der Waals surface area (Å²) in [6.45, 7) is 0.757. The topological polar surface area (TPSA) is 57.5 Å². The van der Waals surface area contributed by atoms with Crippen molar-refractivity contribution in [3.63, 3.8) is 0 Å². The second-order valence-corrected chi connectivity index (χ2v) is 5.36. The van der Waals surface area contributed by atoms with Gasteiger partial charge in [-0.05, 0) is 48.5 Å². The Morgan fingerprint density at radius 1 is 1.00 bits per heavy atom. The number of halogens is 1. The van der Waals surface area contributed by atoms with E-state index < -0.39 is 5.97 Å². The summed E-state index contributed by atoms with van der Waals surface area (Å²) in [6.07, 6.45) is 0. The fourth-order valence-corrected chi connectivity index (χ4v) is 2.16. The maximum absolute atomic E-state index is 10.9. The monoisotopic (exact) mass is 399 g/mol. The average molecular weight is 399 g/mol. The van der Waals surface area contributed by atoms with E-state index in [-0.39, 0.29) is 29.7 Å². The third kappa shape index (κ3) is 4.44. The lowest BCUT2D eigenvalue weighted by Gasteiger charge is -2.29. The van der Waals surface area contributed by atoms with Crippen LogP contribution < -0.4 is 28.5 Å². The highest BCUT2D eigenvalue weighted by molar-refractivity contribution is 5.87. The summed E-state index contributed by atoms with van der Waals surface area (Å²) in [5.41, 5.74) is 2.43. The standard InChI is InChI=1S/C16H17NO3.HI/c1-17(2,11-12-3-9-15(18)10-4-12)14-7-5-13(6-8-14)16(19)20;/h3-10H,11H2,1-2H3,(H-,18,19,20);1H. The van der Waals surface area contributed by atoms with Crippen molar-refractivity contribution in [2.24, 2.45) is 0 Å². The summed E-state index contributed by atoms with van der Waals surface area (Å²) in [7, 11) is 4.12. The smallest absolute Gasteiger partial charge is 0.335 e. The molecule has 4 nitrogen and oxygen atoms in total. The summed E-state index contributed by atoms with van der Waals surface area (Å²) in [5.74, 6) is -0.662. The number of carboxylic acid groups (broad SMARTS) is 1. The van der Waals surface area contributed by atoms with Crippen LogP contribution in [0.3, 0.4) is 0 Å². The van der Waals surface area contributed by atoms with Gasteiger partial charge in [-0.15, -0.1) is 0 Å². The van der Waals surface area contributed by atoms with Crippen LogP contribution in [0, 0.1) is 0 Å². The van der Waals surface area contributed by atoms with E-state index in [0.717, 1.165) is 17.8 Å². The molecule has 0 bridgehead atoms. The Morgan fingerprint density at radius 3 is 2.00 bits per heavy atom. The van der Waals surface area contributed by atoms with Crippen molar-refractivity contribution >= 4 is 11.7 Å². The van der Waals surface area contributed by atoms with Crippen LogP contribution in [-0.2, 0) is 6.54 Å². The number of aromatic carboxylic acids is 1. The number of phenols is 1. The Bertz CT molecular complexity index is 606. The molecule has 0 unspecified atom stereocenters. The number of rotatable bonds is 4. The van der Waals surface area contributed by atoms with Crippen LogP contribution in [0.5, 0.6) is 5.75 Å². The van der Waals surface area contributed by atoms with E-state index in [1.54, 1.807) is 24.3 Å². The highest BCUT2D eigenvalue weighted by Crippen LogP contribution is 2.23. The largest absolute Gasteiger partial charge is 1.00 e. The van der Waals surface area contributed by atoms with Crippen molar-refractivity contribution in [1.82, 2.24) is 4.48 Å². The molecule has 0 fully saturated rings. The van der Waals surface area contributed by atoms with Crippen LogP contribution in [0.25, 0.3) is 0 Å². The summed E-state index contributed by atoms with van der Waals surface area (Å²) in [6, 6.07) is 14.0. The first-order chi connectivity index (χ1) is 9.38. The molecule has 0 amide bonds. The Labute approximate surface area is 141 Å². The van der Waals surface area contributed by atoms with E-state index in [1.807, 2.05) is 24.3 Å². The summed E-state index contributed by atoms with van der Waals surface area (Å²) in [5, 5.41) is 18.2. The van der Waals surface area contributed by atoms with E-state index >= 15 is 0 Å². The molecule has 0 spiro atoms. The molecule has 2 N–H and O–H groups in total. The SMILES string of the molecule is C[N+](C)(Cc1ccc(O)cc1)c1ccc(C(=O)O)cc1.[I-]. The number of carbonyl (C=O) groups is 1. The second kappa shape index (κ2) is 6.91. The quantitative estimate of drug-likeness (QED) is 0.556. The zero-order chi connectivity index (χ0) is 14.8. The minimum Gasteiger partial charge on any atom is -1.00 e. The lowest BCUT2D eigenvalue weighted by molar-refractivity contribution is -0.0000208. The van der Waals surface area contributed by atoms with Gasteiger partial charge < -0.3 is 34.2 Å². The van der Waals surface area contributed by atoms with Crippen molar-refractivity contribution < 1.29 is 39.0 Å². The van der Waals surface area contributed by atoms with Gasteiger partial charge in [0.1, 0.15) is 18.0 Å². The lowest BCUT2D eigenvalue weighted by atomic mass is 10.1. The van der Waals surface area contributed by atoms with Crippen molar-refractivity contribution in [2.45, 2.75) is 6.54 Å². The van der Waals surface area contributed by atoms with Gasteiger partial charge in [0, 0.05) is 5.56 Å². The third-order valence-electron chi connectivity index (χ3n) is 3.33. The number of hydrogen-bond donors (Lipinski definition) is 2. The molecule has 0 heterocycles. The van der Waals surface area contributed by atoms with Crippen molar-refractivity contribution in [2.75, 3.05) is 14.1 Å².